The van der Waals surface area contributed by atoms with Crippen LogP contribution in [0.1, 0.15) is 76.3 Å². The molecule has 4 aliphatic rings. The summed E-state index contributed by atoms with van der Waals surface area (Å²) in [5, 5.41) is 18.2. The Morgan fingerprint density at radius 1 is 0.814 bits per heavy atom. The van der Waals surface area contributed by atoms with Crippen molar-refractivity contribution in [1.29, 1.82) is 0 Å². The van der Waals surface area contributed by atoms with Gasteiger partial charge in [-0.2, -0.15) is 4.98 Å². The third kappa shape index (κ3) is 13.8. The number of hydrogen-bond donors (Lipinski definition) is 3. The van der Waals surface area contributed by atoms with Gasteiger partial charge in [-0.25, -0.2) is 28.1 Å². The van der Waals surface area contributed by atoms with E-state index in [9.17, 15) is 27.9 Å². The second-order valence-electron chi connectivity index (χ2n) is 18.8. The van der Waals surface area contributed by atoms with E-state index in [2.05, 4.69) is 45.3 Å². The normalized spacial score (nSPS) is 21.5. The van der Waals surface area contributed by atoms with E-state index in [4.69, 9.17) is 18.9 Å². The number of aromatic nitrogens is 5. The van der Waals surface area contributed by atoms with Gasteiger partial charge in [-0.05, 0) is 76.1 Å². The molecule has 1 aromatic carbocycles. The number of alkyl halides is 2. The van der Waals surface area contributed by atoms with Crippen LogP contribution in [0.3, 0.4) is 0 Å². The topological polar surface area (TPSA) is 185 Å². The van der Waals surface area contributed by atoms with Crippen molar-refractivity contribution >= 4 is 40.2 Å². The number of benzene rings is 1. The van der Waals surface area contributed by atoms with E-state index in [0.717, 1.165) is 82.0 Å². The monoisotopic (exact) mass is 980 g/mol. The van der Waals surface area contributed by atoms with Gasteiger partial charge in [0.15, 0.2) is 0 Å². The van der Waals surface area contributed by atoms with Gasteiger partial charge in [0.25, 0.3) is 12.0 Å². The summed E-state index contributed by atoms with van der Waals surface area (Å²) < 4.78 is 65.5. The lowest BCUT2D eigenvalue weighted by Gasteiger charge is -2.36. The first-order valence-electron chi connectivity index (χ1n) is 24.8. The molecule has 1 aliphatic carbocycles. The summed E-state index contributed by atoms with van der Waals surface area (Å²) in [4.78, 5) is 52.9. The number of ether oxygens (including phenoxy) is 4. The number of nitrogens with zero attached hydrogens (tertiary/aromatic N) is 9. The van der Waals surface area contributed by atoms with E-state index in [0.29, 0.717) is 103 Å². The van der Waals surface area contributed by atoms with Crippen molar-refractivity contribution in [2.45, 2.75) is 88.4 Å². The molecule has 3 atom stereocenters. The number of aliphatic hydroxyl groups is 1. The molecular weight excluding hydrogens is 912 g/mol. The number of amides is 1. The maximum Gasteiger partial charge on any atom is 0.269 e. The van der Waals surface area contributed by atoms with Gasteiger partial charge >= 0.3 is 0 Å². The fourth-order valence-corrected chi connectivity index (χ4v) is 9.93. The summed E-state index contributed by atoms with van der Waals surface area (Å²) in [5.41, 5.74) is -1.60. The molecule has 1 saturated carbocycles. The third-order valence-corrected chi connectivity index (χ3v) is 13.8. The molecule has 0 bridgehead atoms. The quantitative estimate of drug-likeness (QED) is 0.0853. The molecule has 382 valence electrons. The molecule has 3 saturated heterocycles. The van der Waals surface area contributed by atoms with Gasteiger partial charge in [-0.1, -0.05) is 6.07 Å². The smallest absolute Gasteiger partial charge is 0.269 e. The Bertz CT molecular complexity index is 2370. The van der Waals surface area contributed by atoms with E-state index in [1.54, 1.807) is 25.4 Å². The van der Waals surface area contributed by atoms with E-state index in [-0.39, 0.29) is 41.8 Å². The molecule has 0 spiro atoms. The average Bonchev–Trinajstić information content (AvgIpc) is 3.71. The fourth-order valence-electron chi connectivity index (χ4n) is 9.93. The number of hydrogen-bond acceptors (Lipinski definition) is 16. The molecule has 8 rings (SSSR count). The predicted molar refractivity (Wildman–Crippen MR) is 259 cm³/mol. The predicted octanol–water partition coefficient (Wildman–Crippen LogP) is 4.90. The lowest BCUT2D eigenvalue weighted by atomic mass is 9.99. The Kier molecular flexibility index (Phi) is 18.1. The number of anilines is 4. The maximum absolute atomic E-state index is 13.8. The van der Waals surface area contributed by atoms with Crippen molar-refractivity contribution < 1.29 is 42.0 Å². The highest BCUT2D eigenvalue weighted by Crippen LogP contribution is 2.40. The Balaban J connectivity index is 0.622. The molecule has 6 heterocycles. The molecule has 3 aromatic heterocycles. The minimum Gasteiger partial charge on any atom is -0.388 e. The number of piperidine rings is 2. The number of halogens is 3. The van der Waals surface area contributed by atoms with Gasteiger partial charge < -0.3 is 49.4 Å². The molecular formula is C49H68F3N11O7. The molecule has 1 amide bonds. The van der Waals surface area contributed by atoms with Crippen molar-refractivity contribution in [1.82, 2.24) is 34.3 Å². The lowest BCUT2D eigenvalue weighted by Crippen LogP contribution is -2.47. The first-order valence-corrected chi connectivity index (χ1v) is 24.8. The number of piperazine rings is 1. The Morgan fingerprint density at radius 3 is 2.24 bits per heavy atom. The zero-order valence-electron chi connectivity index (χ0n) is 40.2. The van der Waals surface area contributed by atoms with Gasteiger partial charge in [0, 0.05) is 94.3 Å². The van der Waals surface area contributed by atoms with Crippen LogP contribution in [-0.2, 0) is 23.7 Å². The first-order chi connectivity index (χ1) is 34.0. The number of rotatable bonds is 23. The Morgan fingerprint density at radius 2 is 1.54 bits per heavy atom. The number of carbonyl (C=O) groups excluding carboxylic acids is 1. The van der Waals surface area contributed by atoms with Gasteiger partial charge in [-0.3, -0.25) is 19.1 Å². The number of fused-ring (bicyclic) bond motifs is 1. The van der Waals surface area contributed by atoms with Gasteiger partial charge in [0.05, 0.1) is 76.5 Å². The van der Waals surface area contributed by atoms with Gasteiger partial charge in [0.1, 0.15) is 29.4 Å². The zero-order valence-corrected chi connectivity index (χ0v) is 40.2. The minimum absolute atomic E-state index is 0.0106. The van der Waals surface area contributed by atoms with Crippen molar-refractivity contribution in [2.75, 3.05) is 132 Å². The van der Waals surface area contributed by atoms with Crippen molar-refractivity contribution in [2.24, 2.45) is 0 Å². The molecule has 4 fully saturated rings. The van der Waals surface area contributed by atoms with Crippen molar-refractivity contribution in [3.05, 3.63) is 70.7 Å². The lowest BCUT2D eigenvalue weighted by molar-refractivity contribution is -0.133. The van der Waals surface area contributed by atoms with E-state index < -0.39 is 29.2 Å². The van der Waals surface area contributed by atoms with Gasteiger partial charge in [-0.15, -0.1) is 0 Å². The van der Waals surface area contributed by atoms with E-state index in [1.807, 2.05) is 17.0 Å². The highest BCUT2D eigenvalue weighted by molar-refractivity contribution is 5.77. The molecule has 0 radical (unpaired) electrons. The summed E-state index contributed by atoms with van der Waals surface area (Å²) in [6.45, 7) is 12.4. The van der Waals surface area contributed by atoms with Crippen LogP contribution in [0.5, 0.6) is 0 Å². The van der Waals surface area contributed by atoms with Crippen LogP contribution >= 0.6 is 0 Å². The fraction of sp³-hybridized carbons (Fsp3) is 0.633. The standard InChI is InChI=1S/C49H68F3N11O7/c1-49(66)12-3-8-41(49)63-46-35(29-40(45(51)52)47(63)65)32-53-48(58-46)57-37-9-14-61(15-10-37)44(64)11-21-67-23-25-69-27-28-70-26-24-68-22-20-59-16-18-60(19-17-59)43-31-42(54-34-55-43)56-38-6-4-13-62(33-38)39-7-2-5-36(50)30-39/h2,5,7,29-32,34,37-38,41,45,66H,3-4,6,8-28,33H2,1H3,(H,53,57,58)(H,54,55,56)/t38-,41+,49+/m1/s1. The van der Waals surface area contributed by atoms with Gasteiger partial charge in [0.2, 0.25) is 11.9 Å². The number of pyridine rings is 1. The maximum atomic E-state index is 13.8. The molecule has 3 N–H and O–H groups in total. The molecule has 21 heteroatoms. The third-order valence-electron chi connectivity index (χ3n) is 13.8. The summed E-state index contributed by atoms with van der Waals surface area (Å²) in [6, 6.07) is 9.44. The second-order valence-corrected chi connectivity index (χ2v) is 18.8. The van der Waals surface area contributed by atoms with Crippen LogP contribution in [0.4, 0.5) is 36.4 Å². The van der Waals surface area contributed by atoms with Crippen LogP contribution in [0.25, 0.3) is 11.0 Å². The molecule has 18 nitrogen and oxygen atoms in total. The Hall–Kier alpha value is -5.19. The van der Waals surface area contributed by atoms with Crippen molar-refractivity contribution in [3.8, 4) is 0 Å². The summed E-state index contributed by atoms with van der Waals surface area (Å²) in [5.74, 6) is 1.77. The van der Waals surface area contributed by atoms with Crippen LogP contribution in [-0.4, -0.2) is 175 Å². The average molecular weight is 980 g/mol. The summed E-state index contributed by atoms with van der Waals surface area (Å²) >= 11 is 0. The second kappa shape index (κ2) is 24.8. The molecule has 0 unspecified atom stereocenters. The SMILES string of the molecule is C[C@]1(O)CCC[C@@H]1n1c(=O)c(C(F)F)cc2cnc(NC3CCN(C(=O)CCOCCOCCOCCOCCN4CCN(c5cc(N[C@@H]6CCCN(c7cccc(F)c7)C6)ncn5)CC4)CC3)nc21. The van der Waals surface area contributed by atoms with Crippen molar-refractivity contribution in [3.63, 3.8) is 0 Å². The van der Waals surface area contributed by atoms with Crippen LogP contribution in [0, 0.1) is 5.82 Å². The zero-order chi connectivity index (χ0) is 48.9. The highest BCUT2D eigenvalue weighted by Gasteiger charge is 2.40. The van der Waals surface area contributed by atoms with E-state index >= 15 is 0 Å². The van der Waals surface area contributed by atoms with E-state index in [1.165, 1.54) is 16.8 Å². The molecule has 3 aliphatic heterocycles. The summed E-state index contributed by atoms with van der Waals surface area (Å²) in [7, 11) is 0. The minimum atomic E-state index is -2.97. The molecule has 4 aromatic rings. The van der Waals surface area contributed by atoms with Crippen LogP contribution in [0.15, 0.2) is 53.7 Å². The number of nitrogens with one attached hydrogen (secondary N) is 2. The Labute approximate surface area is 406 Å². The summed E-state index contributed by atoms with van der Waals surface area (Å²) in [6.07, 6.45) is 5.28. The largest absolute Gasteiger partial charge is 0.388 e. The molecule has 70 heavy (non-hydrogen) atoms. The highest BCUT2D eigenvalue weighted by atomic mass is 19.3. The number of likely N-dealkylation sites (tertiary alicyclic amines) is 1. The van der Waals surface area contributed by atoms with Crippen LogP contribution in [0.2, 0.25) is 0 Å². The first kappa shape index (κ1) is 51.2. The number of carbonyl (C=O) groups is 1. The van der Waals surface area contributed by atoms with Crippen LogP contribution < -0.4 is 26.0 Å².